The summed E-state index contributed by atoms with van der Waals surface area (Å²) in [5.74, 6) is 0.0965. The number of carbonyl (C=O) groups is 1. The number of rotatable bonds is 8. The van der Waals surface area contributed by atoms with Crippen LogP contribution in [0.3, 0.4) is 0 Å². The van der Waals surface area contributed by atoms with Crippen molar-refractivity contribution in [2.24, 2.45) is 11.7 Å². The lowest BCUT2D eigenvalue weighted by atomic mass is 10.1. The molecule has 0 bridgehead atoms. The predicted octanol–water partition coefficient (Wildman–Crippen LogP) is 1.84. The SMILES string of the molecule is CC(C)COCCCNc1cc(C(N)=O)ccc1N. The highest BCUT2D eigenvalue weighted by atomic mass is 16.5. The molecule has 5 N–H and O–H groups in total. The summed E-state index contributed by atoms with van der Waals surface area (Å²) in [6.45, 7) is 6.47. The molecule has 106 valence electrons. The van der Waals surface area contributed by atoms with Crippen LogP contribution < -0.4 is 16.8 Å². The fourth-order valence-electron chi connectivity index (χ4n) is 1.58. The Labute approximate surface area is 114 Å². The van der Waals surface area contributed by atoms with Gasteiger partial charge in [0.1, 0.15) is 0 Å². The molecule has 0 aliphatic heterocycles. The van der Waals surface area contributed by atoms with Crippen molar-refractivity contribution < 1.29 is 9.53 Å². The molecular weight excluding hydrogens is 242 g/mol. The van der Waals surface area contributed by atoms with Gasteiger partial charge in [0.15, 0.2) is 0 Å². The number of primary amides is 1. The normalized spacial score (nSPS) is 10.7. The van der Waals surface area contributed by atoms with Gasteiger partial charge in [-0.05, 0) is 30.5 Å². The van der Waals surface area contributed by atoms with E-state index in [2.05, 4.69) is 19.2 Å². The van der Waals surface area contributed by atoms with Crippen molar-refractivity contribution in [1.82, 2.24) is 0 Å². The van der Waals surface area contributed by atoms with Gasteiger partial charge in [0.2, 0.25) is 5.91 Å². The van der Waals surface area contributed by atoms with Crippen LogP contribution in [0.1, 0.15) is 30.6 Å². The highest BCUT2D eigenvalue weighted by molar-refractivity contribution is 5.94. The van der Waals surface area contributed by atoms with Crippen LogP contribution in [-0.2, 0) is 4.74 Å². The van der Waals surface area contributed by atoms with Gasteiger partial charge in [-0.2, -0.15) is 0 Å². The maximum Gasteiger partial charge on any atom is 0.248 e. The van der Waals surface area contributed by atoms with Crippen LogP contribution in [0.2, 0.25) is 0 Å². The molecule has 0 unspecified atom stereocenters. The lowest BCUT2D eigenvalue weighted by molar-refractivity contribution is 0.100. The summed E-state index contributed by atoms with van der Waals surface area (Å²) in [6, 6.07) is 4.97. The Morgan fingerprint density at radius 2 is 2.16 bits per heavy atom. The highest BCUT2D eigenvalue weighted by Crippen LogP contribution is 2.19. The highest BCUT2D eigenvalue weighted by Gasteiger charge is 2.04. The van der Waals surface area contributed by atoms with Gasteiger partial charge in [-0.15, -0.1) is 0 Å². The Balaban J connectivity index is 2.36. The second-order valence-corrected chi connectivity index (χ2v) is 4.92. The topological polar surface area (TPSA) is 90.4 Å². The first-order valence-electron chi connectivity index (χ1n) is 6.51. The van der Waals surface area contributed by atoms with Crippen LogP contribution in [0.5, 0.6) is 0 Å². The quantitative estimate of drug-likeness (QED) is 0.494. The zero-order valence-corrected chi connectivity index (χ0v) is 11.6. The molecule has 0 spiro atoms. The van der Waals surface area contributed by atoms with Crippen molar-refractivity contribution in [3.8, 4) is 0 Å². The first-order chi connectivity index (χ1) is 9.00. The Morgan fingerprint density at radius 1 is 1.42 bits per heavy atom. The number of anilines is 2. The monoisotopic (exact) mass is 265 g/mol. The van der Waals surface area contributed by atoms with Gasteiger partial charge in [0.05, 0.1) is 11.4 Å². The molecule has 1 amide bonds. The van der Waals surface area contributed by atoms with Gasteiger partial charge in [0.25, 0.3) is 0 Å². The minimum atomic E-state index is -0.455. The molecule has 0 aromatic heterocycles. The summed E-state index contributed by atoms with van der Waals surface area (Å²) in [7, 11) is 0. The van der Waals surface area contributed by atoms with E-state index in [1.54, 1.807) is 18.2 Å². The van der Waals surface area contributed by atoms with E-state index in [-0.39, 0.29) is 0 Å². The molecule has 5 heteroatoms. The molecule has 0 aliphatic rings. The minimum Gasteiger partial charge on any atom is -0.397 e. The first kappa shape index (κ1) is 15.3. The predicted molar refractivity (Wildman–Crippen MR) is 78.1 cm³/mol. The van der Waals surface area contributed by atoms with Gasteiger partial charge < -0.3 is 21.5 Å². The molecule has 0 aliphatic carbocycles. The van der Waals surface area contributed by atoms with E-state index in [1.165, 1.54) is 0 Å². The lowest BCUT2D eigenvalue weighted by Crippen LogP contribution is -2.13. The van der Waals surface area contributed by atoms with Gasteiger partial charge in [-0.25, -0.2) is 0 Å². The van der Waals surface area contributed by atoms with Gasteiger partial charge in [-0.3, -0.25) is 4.79 Å². The maximum atomic E-state index is 11.1. The van der Waals surface area contributed by atoms with E-state index in [0.29, 0.717) is 23.8 Å². The molecule has 1 aromatic carbocycles. The summed E-state index contributed by atoms with van der Waals surface area (Å²) < 4.78 is 5.48. The van der Waals surface area contributed by atoms with E-state index >= 15 is 0 Å². The molecule has 1 aromatic rings. The van der Waals surface area contributed by atoms with E-state index in [4.69, 9.17) is 16.2 Å². The van der Waals surface area contributed by atoms with Crippen molar-refractivity contribution >= 4 is 17.3 Å². The van der Waals surface area contributed by atoms with Crippen molar-refractivity contribution in [3.05, 3.63) is 23.8 Å². The molecule has 0 atom stereocenters. The molecule has 1 rings (SSSR count). The average molecular weight is 265 g/mol. The van der Waals surface area contributed by atoms with E-state index in [9.17, 15) is 4.79 Å². The van der Waals surface area contributed by atoms with E-state index in [1.807, 2.05) is 0 Å². The van der Waals surface area contributed by atoms with Gasteiger partial charge >= 0.3 is 0 Å². The van der Waals surface area contributed by atoms with Gasteiger partial charge in [-0.1, -0.05) is 13.8 Å². The van der Waals surface area contributed by atoms with Gasteiger partial charge in [0, 0.05) is 25.3 Å². The average Bonchev–Trinajstić information content (AvgIpc) is 2.34. The molecule has 0 saturated carbocycles. The number of hydrogen-bond acceptors (Lipinski definition) is 4. The standard InChI is InChI=1S/C14H23N3O2/c1-10(2)9-19-7-3-6-17-13-8-11(14(16)18)4-5-12(13)15/h4-5,8,10,17H,3,6-7,9,15H2,1-2H3,(H2,16,18). The Morgan fingerprint density at radius 3 is 2.79 bits per heavy atom. The van der Waals surface area contributed by atoms with Crippen molar-refractivity contribution in [3.63, 3.8) is 0 Å². The van der Waals surface area contributed by atoms with Crippen LogP contribution in [0.4, 0.5) is 11.4 Å². The third-order valence-electron chi connectivity index (χ3n) is 2.57. The molecule has 0 saturated heterocycles. The minimum absolute atomic E-state index is 0.452. The van der Waals surface area contributed by atoms with Crippen molar-refractivity contribution in [2.45, 2.75) is 20.3 Å². The molecule has 19 heavy (non-hydrogen) atoms. The number of benzene rings is 1. The smallest absolute Gasteiger partial charge is 0.248 e. The zero-order chi connectivity index (χ0) is 14.3. The number of hydrogen-bond donors (Lipinski definition) is 3. The largest absolute Gasteiger partial charge is 0.397 e. The fourth-order valence-corrected chi connectivity index (χ4v) is 1.58. The van der Waals surface area contributed by atoms with Crippen molar-refractivity contribution in [1.29, 1.82) is 0 Å². The van der Waals surface area contributed by atoms with Crippen LogP contribution in [0.25, 0.3) is 0 Å². The number of nitrogen functional groups attached to an aromatic ring is 1. The number of ether oxygens (including phenoxy) is 1. The van der Waals surface area contributed by atoms with E-state index in [0.717, 1.165) is 25.3 Å². The fraction of sp³-hybridized carbons (Fsp3) is 0.500. The molecule has 0 radical (unpaired) electrons. The molecular formula is C14H23N3O2. The number of nitrogens with one attached hydrogen (secondary N) is 1. The summed E-state index contributed by atoms with van der Waals surface area (Å²) in [5, 5.41) is 3.18. The maximum absolute atomic E-state index is 11.1. The number of nitrogens with two attached hydrogens (primary N) is 2. The summed E-state index contributed by atoms with van der Waals surface area (Å²) in [6.07, 6.45) is 0.882. The molecule has 5 nitrogen and oxygen atoms in total. The summed E-state index contributed by atoms with van der Waals surface area (Å²) >= 11 is 0. The van der Waals surface area contributed by atoms with Crippen molar-refractivity contribution in [2.75, 3.05) is 30.8 Å². The Kier molecular flexibility index (Phi) is 6.15. The second kappa shape index (κ2) is 7.63. The zero-order valence-electron chi connectivity index (χ0n) is 11.6. The second-order valence-electron chi connectivity index (χ2n) is 4.92. The summed E-state index contributed by atoms with van der Waals surface area (Å²) in [4.78, 5) is 11.1. The Bertz CT molecular complexity index is 419. The van der Waals surface area contributed by atoms with Crippen LogP contribution >= 0.6 is 0 Å². The first-order valence-corrected chi connectivity index (χ1v) is 6.51. The van der Waals surface area contributed by atoms with Crippen LogP contribution in [0, 0.1) is 5.92 Å². The van der Waals surface area contributed by atoms with Crippen LogP contribution in [-0.4, -0.2) is 25.7 Å². The lowest BCUT2D eigenvalue weighted by Gasteiger charge is -2.11. The molecule has 0 fully saturated rings. The Hall–Kier alpha value is -1.75. The third-order valence-corrected chi connectivity index (χ3v) is 2.57. The third kappa shape index (κ3) is 5.61. The number of amides is 1. The summed E-state index contributed by atoms with van der Waals surface area (Å²) in [5.41, 5.74) is 12.8. The number of carbonyl (C=O) groups excluding carboxylic acids is 1. The van der Waals surface area contributed by atoms with Crippen LogP contribution in [0.15, 0.2) is 18.2 Å². The molecule has 0 heterocycles. The van der Waals surface area contributed by atoms with E-state index < -0.39 is 5.91 Å².